The van der Waals surface area contributed by atoms with E-state index in [2.05, 4.69) is 41.4 Å². The van der Waals surface area contributed by atoms with E-state index in [9.17, 15) is 0 Å². The van der Waals surface area contributed by atoms with Gasteiger partial charge in [-0.3, -0.25) is 4.98 Å². The van der Waals surface area contributed by atoms with Crippen LogP contribution in [0.4, 0.5) is 0 Å². The van der Waals surface area contributed by atoms with Crippen LogP contribution in [-0.2, 0) is 0 Å². The van der Waals surface area contributed by atoms with Gasteiger partial charge in [-0.25, -0.2) is 4.98 Å². The molecule has 2 aromatic heterocycles. The van der Waals surface area contributed by atoms with Crippen molar-refractivity contribution in [2.75, 3.05) is 7.11 Å². The fourth-order valence-corrected chi connectivity index (χ4v) is 2.88. The first-order valence-corrected chi connectivity index (χ1v) is 8.47. The molecule has 26 heavy (non-hydrogen) atoms. The molecule has 0 N–H and O–H groups in total. The van der Waals surface area contributed by atoms with Crippen molar-refractivity contribution in [2.45, 2.75) is 0 Å². The lowest BCUT2D eigenvalue weighted by atomic mass is 10.0. The van der Waals surface area contributed by atoms with E-state index in [1.807, 2.05) is 48.5 Å². The first-order valence-electron chi connectivity index (χ1n) is 8.47. The number of rotatable bonds is 4. The van der Waals surface area contributed by atoms with Gasteiger partial charge >= 0.3 is 0 Å². The van der Waals surface area contributed by atoms with Crippen LogP contribution in [0.5, 0.6) is 5.75 Å². The standard InChI is InChI=1S/C23H18N2O/c1-26-20-12-10-17(11-13-20)19-15-22(18-7-3-2-4-8-18)25-23(16-19)21-9-5-6-14-24-21/h2-16H,1H3. The summed E-state index contributed by atoms with van der Waals surface area (Å²) in [5.74, 6) is 0.844. The summed E-state index contributed by atoms with van der Waals surface area (Å²) in [7, 11) is 1.67. The average Bonchev–Trinajstić information content (AvgIpc) is 2.75. The molecular weight excluding hydrogens is 320 g/mol. The Morgan fingerprint density at radius 1 is 0.615 bits per heavy atom. The molecule has 0 unspecified atom stereocenters. The highest BCUT2D eigenvalue weighted by atomic mass is 16.5. The fraction of sp³-hybridized carbons (Fsp3) is 0.0435. The highest BCUT2D eigenvalue weighted by Gasteiger charge is 2.09. The topological polar surface area (TPSA) is 35.0 Å². The molecule has 0 fully saturated rings. The van der Waals surface area contributed by atoms with Gasteiger partial charge in [0.1, 0.15) is 5.75 Å². The van der Waals surface area contributed by atoms with E-state index in [1.165, 1.54) is 0 Å². The summed E-state index contributed by atoms with van der Waals surface area (Å²) in [6.07, 6.45) is 1.79. The van der Waals surface area contributed by atoms with Crippen LogP contribution < -0.4 is 4.74 Å². The third-order valence-electron chi connectivity index (χ3n) is 4.25. The molecule has 126 valence electrons. The van der Waals surface area contributed by atoms with Gasteiger partial charge in [0.25, 0.3) is 0 Å². The van der Waals surface area contributed by atoms with Gasteiger partial charge in [0.15, 0.2) is 0 Å². The largest absolute Gasteiger partial charge is 0.497 e. The fourth-order valence-electron chi connectivity index (χ4n) is 2.88. The Labute approximate surface area is 153 Å². The van der Waals surface area contributed by atoms with Crippen LogP contribution in [0.25, 0.3) is 33.8 Å². The number of ether oxygens (including phenoxy) is 1. The zero-order valence-corrected chi connectivity index (χ0v) is 14.5. The first-order chi connectivity index (χ1) is 12.8. The molecule has 0 aliphatic carbocycles. The molecule has 4 rings (SSSR count). The lowest BCUT2D eigenvalue weighted by Crippen LogP contribution is -1.92. The third-order valence-corrected chi connectivity index (χ3v) is 4.25. The van der Waals surface area contributed by atoms with Crippen LogP contribution in [0.3, 0.4) is 0 Å². The molecule has 0 amide bonds. The number of methoxy groups -OCH3 is 1. The van der Waals surface area contributed by atoms with Gasteiger partial charge in [-0.2, -0.15) is 0 Å². The van der Waals surface area contributed by atoms with E-state index in [1.54, 1.807) is 13.3 Å². The highest BCUT2D eigenvalue weighted by molar-refractivity contribution is 5.75. The van der Waals surface area contributed by atoms with Gasteiger partial charge in [-0.15, -0.1) is 0 Å². The Bertz CT molecular complexity index is 940. The summed E-state index contributed by atoms with van der Waals surface area (Å²) in [5, 5.41) is 0. The molecule has 2 aromatic carbocycles. The zero-order chi connectivity index (χ0) is 17.8. The summed E-state index contributed by atoms with van der Waals surface area (Å²) in [4.78, 5) is 9.31. The van der Waals surface area contributed by atoms with Gasteiger partial charge in [-0.05, 0) is 47.5 Å². The number of pyridine rings is 2. The summed E-state index contributed by atoms with van der Waals surface area (Å²) < 4.78 is 5.27. The first kappa shape index (κ1) is 16.0. The van der Waals surface area contributed by atoms with Gasteiger partial charge in [-0.1, -0.05) is 48.5 Å². The van der Waals surface area contributed by atoms with E-state index in [0.717, 1.165) is 39.5 Å². The molecule has 0 radical (unpaired) electrons. The normalized spacial score (nSPS) is 10.5. The summed E-state index contributed by atoms with van der Waals surface area (Å²) in [6.45, 7) is 0. The summed E-state index contributed by atoms with van der Waals surface area (Å²) in [6, 6.07) is 28.3. The van der Waals surface area contributed by atoms with E-state index in [-0.39, 0.29) is 0 Å². The van der Waals surface area contributed by atoms with Gasteiger partial charge in [0.2, 0.25) is 0 Å². The van der Waals surface area contributed by atoms with Crippen molar-refractivity contribution < 1.29 is 4.74 Å². The van der Waals surface area contributed by atoms with Crippen molar-refractivity contribution in [3.05, 3.63) is 91.1 Å². The van der Waals surface area contributed by atoms with Crippen molar-refractivity contribution in [2.24, 2.45) is 0 Å². The number of hydrogen-bond acceptors (Lipinski definition) is 3. The van der Waals surface area contributed by atoms with E-state index in [0.29, 0.717) is 0 Å². The van der Waals surface area contributed by atoms with Gasteiger partial charge in [0.05, 0.1) is 24.2 Å². The van der Waals surface area contributed by atoms with Crippen molar-refractivity contribution in [3.63, 3.8) is 0 Å². The molecule has 0 aliphatic rings. The van der Waals surface area contributed by atoms with Crippen LogP contribution in [0.15, 0.2) is 91.1 Å². The van der Waals surface area contributed by atoms with Crippen LogP contribution in [0.2, 0.25) is 0 Å². The predicted octanol–water partition coefficient (Wildman–Crippen LogP) is 5.49. The predicted molar refractivity (Wildman–Crippen MR) is 105 cm³/mol. The molecule has 2 heterocycles. The quantitative estimate of drug-likeness (QED) is 0.494. The highest BCUT2D eigenvalue weighted by Crippen LogP contribution is 2.30. The van der Waals surface area contributed by atoms with Crippen LogP contribution in [0.1, 0.15) is 0 Å². The Morgan fingerprint density at radius 2 is 1.35 bits per heavy atom. The minimum absolute atomic E-state index is 0.844. The van der Waals surface area contributed by atoms with Crippen molar-refractivity contribution >= 4 is 0 Å². The Kier molecular flexibility index (Phi) is 4.44. The second-order valence-corrected chi connectivity index (χ2v) is 5.94. The monoisotopic (exact) mass is 338 g/mol. The molecule has 0 saturated heterocycles. The Balaban J connectivity index is 1.87. The van der Waals surface area contributed by atoms with Gasteiger partial charge < -0.3 is 4.74 Å². The number of hydrogen-bond donors (Lipinski definition) is 0. The van der Waals surface area contributed by atoms with Crippen molar-refractivity contribution in [1.29, 1.82) is 0 Å². The number of benzene rings is 2. The average molecular weight is 338 g/mol. The lowest BCUT2D eigenvalue weighted by Gasteiger charge is -2.10. The molecule has 3 nitrogen and oxygen atoms in total. The van der Waals surface area contributed by atoms with Gasteiger partial charge in [0, 0.05) is 11.8 Å². The zero-order valence-electron chi connectivity index (χ0n) is 14.5. The lowest BCUT2D eigenvalue weighted by molar-refractivity contribution is 0.415. The summed E-state index contributed by atoms with van der Waals surface area (Å²) >= 11 is 0. The minimum atomic E-state index is 0.844. The molecule has 3 heteroatoms. The van der Waals surface area contributed by atoms with Crippen LogP contribution in [0, 0.1) is 0 Å². The van der Waals surface area contributed by atoms with Crippen LogP contribution in [-0.4, -0.2) is 17.1 Å². The number of nitrogens with zero attached hydrogens (tertiary/aromatic N) is 2. The van der Waals surface area contributed by atoms with Crippen LogP contribution >= 0.6 is 0 Å². The molecule has 0 aliphatic heterocycles. The maximum Gasteiger partial charge on any atom is 0.118 e. The summed E-state index contributed by atoms with van der Waals surface area (Å²) in [5.41, 5.74) is 5.95. The van der Waals surface area contributed by atoms with E-state index >= 15 is 0 Å². The maximum absolute atomic E-state index is 5.27. The molecule has 0 saturated carbocycles. The SMILES string of the molecule is COc1ccc(-c2cc(-c3ccccc3)nc(-c3ccccn3)c2)cc1. The number of aromatic nitrogens is 2. The maximum atomic E-state index is 5.27. The molecule has 4 aromatic rings. The molecule has 0 spiro atoms. The second kappa shape index (κ2) is 7.19. The Hall–Kier alpha value is -3.46. The van der Waals surface area contributed by atoms with Crippen molar-refractivity contribution in [1.82, 2.24) is 9.97 Å². The van der Waals surface area contributed by atoms with E-state index < -0.39 is 0 Å². The molecular formula is C23H18N2O. The van der Waals surface area contributed by atoms with Crippen molar-refractivity contribution in [3.8, 4) is 39.5 Å². The molecule has 0 atom stereocenters. The third kappa shape index (κ3) is 3.33. The second-order valence-electron chi connectivity index (χ2n) is 5.94. The van der Waals surface area contributed by atoms with E-state index in [4.69, 9.17) is 9.72 Å². The Morgan fingerprint density at radius 3 is 2.04 bits per heavy atom. The molecule has 0 bridgehead atoms. The smallest absolute Gasteiger partial charge is 0.118 e. The minimum Gasteiger partial charge on any atom is -0.497 e.